The topological polar surface area (TPSA) is 95.5 Å². The highest BCUT2D eigenvalue weighted by molar-refractivity contribution is 7.91. The second-order valence-electron chi connectivity index (χ2n) is 14.1. The number of amides is 2. The van der Waals surface area contributed by atoms with Gasteiger partial charge in [-0.2, -0.15) is 0 Å². The number of hydrogen-bond donors (Lipinski definition) is 1. The highest BCUT2D eigenvalue weighted by Crippen LogP contribution is 2.26. The highest BCUT2D eigenvalue weighted by atomic mass is 32.2. The van der Waals surface area contributed by atoms with E-state index >= 15 is 0 Å². The number of nitrogens with one attached hydrogen (secondary N) is 1. The molecule has 0 spiro atoms. The molecule has 2 aliphatic rings. The molecule has 7 rings (SSSR count). The summed E-state index contributed by atoms with van der Waals surface area (Å²) in [6, 6.07) is 24.2. The predicted molar refractivity (Wildman–Crippen MR) is 203 cm³/mol. The maximum absolute atomic E-state index is 12.9. The Labute approximate surface area is 296 Å². The van der Waals surface area contributed by atoms with E-state index in [0.29, 0.717) is 6.42 Å². The van der Waals surface area contributed by atoms with Crippen molar-refractivity contribution in [3.05, 3.63) is 102 Å². The van der Waals surface area contributed by atoms with Crippen LogP contribution in [0.3, 0.4) is 0 Å². The van der Waals surface area contributed by atoms with Crippen LogP contribution in [-0.4, -0.2) is 76.8 Å². The quantitative estimate of drug-likeness (QED) is 0.177. The summed E-state index contributed by atoms with van der Waals surface area (Å²) in [5, 5.41) is 1.83. The van der Waals surface area contributed by atoms with Gasteiger partial charge < -0.3 is 19.4 Å². The van der Waals surface area contributed by atoms with E-state index in [-0.39, 0.29) is 28.7 Å². The molecule has 5 aromatic rings. The molecule has 1 N–H and O–H groups in total. The van der Waals surface area contributed by atoms with Crippen molar-refractivity contribution < 1.29 is 18.0 Å². The smallest absolute Gasteiger partial charge is 0.253 e. The number of aromatic amines is 1. The molecule has 2 saturated heterocycles. The zero-order chi connectivity index (χ0) is 35.3. The number of piperidine rings is 2. The number of carbonyl (C=O) groups is 2. The van der Waals surface area contributed by atoms with Gasteiger partial charge in [0, 0.05) is 71.7 Å². The van der Waals surface area contributed by atoms with Crippen LogP contribution in [0.1, 0.15) is 97.9 Å². The Balaban J connectivity index is 0.000000212. The van der Waals surface area contributed by atoms with E-state index < -0.39 is 9.84 Å². The van der Waals surface area contributed by atoms with Crippen LogP contribution < -0.4 is 0 Å². The van der Waals surface area contributed by atoms with Gasteiger partial charge in [0.1, 0.15) is 0 Å². The molecule has 8 nitrogen and oxygen atoms in total. The summed E-state index contributed by atoms with van der Waals surface area (Å²) >= 11 is 0. The van der Waals surface area contributed by atoms with Crippen LogP contribution in [0.4, 0.5) is 0 Å². The Hall–Kier alpha value is -4.37. The fourth-order valence-electron chi connectivity index (χ4n) is 6.95. The first-order valence-corrected chi connectivity index (χ1v) is 19.9. The van der Waals surface area contributed by atoms with Crippen LogP contribution in [-0.2, 0) is 9.84 Å². The SMILES string of the molecule is CC(C)S(=O)(=O)CC[C@H](C)c1ccc(-n2ccc3cc(C(=O)N4CCCCC4)ccc32)cc1.O=C(c1ccc2[nH]ccc2c1)N1CCCCC1. The molecule has 2 fully saturated rings. The van der Waals surface area contributed by atoms with Crippen molar-refractivity contribution in [2.75, 3.05) is 31.9 Å². The minimum Gasteiger partial charge on any atom is -0.361 e. The van der Waals surface area contributed by atoms with E-state index in [1.165, 1.54) is 12.8 Å². The molecule has 0 unspecified atom stereocenters. The van der Waals surface area contributed by atoms with Crippen molar-refractivity contribution in [2.45, 2.75) is 76.9 Å². The standard InChI is InChI=1S/C27H34N2O3S.C14H16N2O/c1-20(2)33(31,32)18-14-21(3)22-7-10-25(11-8-22)29-17-13-23-19-24(9-12-26(23)29)27(30)28-15-5-4-6-16-28;17-14(16-8-2-1-3-9-16)12-4-5-13-11(10-12)6-7-15-13/h7-13,17,19-21H,4-6,14-16,18H2,1-3H3;4-7,10,15H,1-3,8-9H2/t21-;/m0./s1. The van der Waals surface area contributed by atoms with Crippen LogP contribution in [0.15, 0.2) is 85.2 Å². The number of hydrogen-bond acceptors (Lipinski definition) is 4. The summed E-state index contributed by atoms with van der Waals surface area (Å²) in [5.74, 6) is 0.696. The average molecular weight is 695 g/mol. The molecule has 50 heavy (non-hydrogen) atoms. The van der Waals surface area contributed by atoms with Crippen molar-refractivity contribution in [1.29, 1.82) is 0 Å². The highest BCUT2D eigenvalue weighted by Gasteiger charge is 2.21. The average Bonchev–Trinajstić information content (AvgIpc) is 3.81. The number of rotatable bonds is 8. The van der Waals surface area contributed by atoms with Gasteiger partial charge in [0.2, 0.25) is 0 Å². The third-order valence-electron chi connectivity index (χ3n) is 10.3. The van der Waals surface area contributed by atoms with E-state index in [1.807, 2.05) is 64.7 Å². The van der Waals surface area contributed by atoms with E-state index in [0.717, 1.165) is 96.0 Å². The normalized spacial score (nSPS) is 16.0. The van der Waals surface area contributed by atoms with Crippen molar-refractivity contribution in [1.82, 2.24) is 19.4 Å². The minimum atomic E-state index is -3.02. The molecule has 9 heteroatoms. The Morgan fingerprint density at radius 3 is 1.88 bits per heavy atom. The fraction of sp³-hybridized carbons (Fsp3) is 0.415. The maximum Gasteiger partial charge on any atom is 0.253 e. The second kappa shape index (κ2) is 15.7. The largest absolute Gasteiger partial charge is 0.361 e. The fourth-order valence-corrected chi connectivity index (χ4v) is 8.11. The van der Waals surface area contributed by atoms with Gasteiger partial charge in [0.15, 0.2) is 9.84 Å². The van der Waals surface area contributed by atoms with Gasteiger partial charge in [-0.15, -0.1) is 0 Å². The van der Waals surface area contributed by atoms with Gasteiger partial charge in [0.25, 0.3) is 11.8 Å². The lowest BCUT2D eigenvalue weighted by Gasteiger charge is -2.26. The monoisotopic (exact) mass is 694 g/mol. The van der Waals surface area contributed by atoms with Gasteiger partial charge >= 0.3 is 0 Å². The summed E-state index contributed by atoms with van der Waals surface area (Å²) in [7, 11) is -3.02. The van der Waals surface area contributed by atoms with Crippen LogP contribution in [0, 0.1) is 0 Å². The van der Waals surface area contributed by atoms with E-state index in [4.69, 9.17) is 0 Å². The molecule has 264 valence electrons. The number of carbonyl (C=O) groups excluding carboxylic acids is 2. The zero-order valence-electron chi connectivity index (χ0n) is 29.6. The summed E-state index contributed by atoms with van der Waals surface area (Å²) in [4.78, 5) is 32.2. The third kappa shape index (κ3) is 8.15. The lowest BCUT2D eigenvalue weighted by atomic mass is 9.98. The summed E-state index contributed by atoms with van der Waals surface area (Å²) < 4.78 is 26.4. The van der Waals surface area contributed by atoms with Gasteiger partial charge in [-0.25, -0.2) is 8.42 Å². The molecule has 0 aliphatic carbocycles. The lowest BCUT2D eigenvalue weighted by Crippen LogP contribution is -2.35. The summed E-state index contributed by atoms with van der Waals surface area (Å²) in [6.45, 7) is 9.08. The number of aromatic nitrogens is 2. The number of benzene rings is 3. The second-order valence-corrected chi connectivity index (χ2v) is 16.8. The molecule has 2 amide bonds. The molecule has 0 radical (unpaired) electrons. The zero-order valence-corrected chi connectivity index (χ0v) is 30.4. The first-order valence-electron chi connectivity index (χ1n) is 18.2. The lowest BCUT2D eigenvalue weighted by molar-refractivity contribution is 0.0717. The van der Waals surface area contributed by atoms with Crippen molar-refractivity contribution in [3.63, 3.8) is 0 Å². The molecule has 2 aromatic heterocycles. The number of sulfone groups is 1. The minimum absolute atomic E-state index is 0.127. The maximum atomic E-state index is 12.9. The van der Waals surface area contributed by atoms with E-state index in [2.05, 4.69) is 46.8 Å². The third-order valence-corrected chi connectivity index (χ3v) is 12.6. The van der Waals surface area contributed by atoms with Crippen molar-refractivity contribution in [2.24, 2.45) is 0 Å². The van der Waals surface area contributed by atoms with E-state index in [9.17, 15) is 18.0 Å². The number of likely N-dealkylation sites (tertiary alicyclic amines) is 2. The molecular weight excluding hydrogens is 645 g/mol. The molecule has 0 bridgehead atoms. The van der Waals surface area contributed by atoms with Crippen molar-refractivity contribution in [3.8, 4) is 5.69 Å². The predicted octanol–water partition coefficient (Wildman–Crippen LogP) is 8.37. The Morgan fingerprint density at radius 2 is 1.28 bits per heavy atom. The molecule has 1 atom stereocenters. The van der Waals surface area contributed by atoms with Crippen LogP contribution in [0.25, 0.3) is 27.5 Å². The first-order chi connectivity index (χ1) is 24.1. The van der Waals surface area contributed by atoms with E-state index in [1.54, 1.807) is 13.8 Å². The van der Waals surface area contributed by atoms with Gasteiger partial charge in [-0.1, -0.05) is 19.1 Å². The van der Waals surface area contributed by atoms with Gasteiger partial charge in [-0.05, 0) is 131 Å². The van der Waals surface area contributed by atoms with Crippen molar-refractivity contribution >= 4 is 43.5 Å². The van der Waals surface area contributed by atoms with Gasteiger partial charge in [-0.3, -0.25) is 9.59 Å². The number of nitrogens with zero attached hydrogens (tertiary/aromatic N) is 3. The molecule has 3 aromatic carbocycles. The Kier molecular flexibility index (Phi) is 11.1. The van der Waals surface area contributed by atoms with Gasteiger partial charge in [0.05, 0.1) is 16.5 Å². The Morgan fingerprint density at radius 1 is 0.700 bits per heavy atom. The summed E-state index contributed by atoms with van der Waals surface area (Å²) in [6.07, 6.45) is 11.5. The molecule has 0 saturated carbocycles. The number of fused-ring (bicyclic) bond motifs is 2. The first kappa shape index (κ1) is 35.5. The Bertz CT molecular complexity index is 2030. The molecule has 4 heterocycles. The van der Waals surface area contributed by atoms with Crippen LogP contribution in [0.2, 0.25) is 0 Å². The molecular formula is C41H50N4O4S. The van der Waals surface area contributed by atoms with Crippen LogP contribution >= 0.6 is 0 Å². The summed E-state index contributed by atoms with van der Waals surface area (Å²) in [5.41, 5.74) is 5.89. The molecule has 2 aliphatic heterocycles. The van der Waals surface area contributed by atoms with Crippen LogP contribution in [0.5, 0.6) is 0 Å². The number of H-pyrrole nitrogens is 1.